The summed E-state index contributed by atoms with van der Waals surface area (Å²) in [5, 5.41) is 9.20. The standard InChI is InChI=1S/C31H28F3N3O2/c32-31(33,34)27-19-26(15-14-24(27)20-35)37-28(38)30(16-8-1-2-9-17-30)36(29(37)39)21-25-13-7-6-12-23(25)18-22-10-4-3-5-11-22/h3-7,10-15,19H,1-2,8-9,16-18,21H2. The first-order chi connectivity index (χ1) is 18.7. The number of rotatable bonds is 5. The Morgan fingerprint density at radius 2 is 1.49 bits per heavy atom. The predicted octanol–water partition coefficient (Wildman–Crippen LogP) is 7.23. The number of alkyl halides is 3. The number of amides is 3. The van der Waals surface area contributed by atoms with Gasteiger partial charge in [0.15, 0.2) is 0 Å². The zero-order valence-electron chi connectivity index (χ0n) is 21.4. The van der Waals surface area contributed by atoms with E-state index < -0.39 is 34.8 Å². The molecule has 1 saturated heterocycles. The number of carbonyl (C=O) groups excluding carboxylic acids is 2. The summed E-state index contributed by atoms with van der Waals surface area (Å²) in [7, 11) is 0. The molecule has 5 nitrogen and oxygen atoms in total. The largest absolute Gasteiger partial charge is 0.417 e. The van der Waals surface area contributed by atoms with Crippen molar-refractivity contribution in [3.05, 3.63) is 101 Å². The van der Waals surface area contributed by atoms with E-state index in [1.54, 1.807) is 11.0 Å². The van der Waals surface area contributed by atoms with E-state index in [-0.39, 0.29) is 12.2 Å². The summed E-state index contributed by atoms with van der Waals surface area (Å²) in [6.07, 6.45) is 0.103. The Bertz CT molecular complexity index is 1420. The summed E-state index contributed by atoms with van der Waals surface area (Å²) in [5.41, 5.74) is 0.00941. The van der Waals surface area contributed by atoms with Gasteiger partial charge in [-0.3, -0.25) is 4.79 Å². The maximum absolute atomic E-state index is 14.1. The quantitative estimate of drug-likeness (QED) is 0.326. The minimum atomic E-state index is -4.80. The lowest BCUT2D eigenvalue weighted by molar-refractivity contribution is -0.137. The van der Waals surface area contributed by atoms with Crippen LogP contribution in [0.2, 0.25) is 0 Å². The number of halogens is 3. The topological polar surface area (TPSA) is 64.4 Å². The van der Waals surface area contributed by atoms with E-state index in [0.29, 0.717) is 19.3 Å². The third-order valence-electron chi connectivity index (χ3n) is 7.84. The van der Waals surface area contributed by atoms with Crippen LogP contribution in [0.3, 0.4) is 0 Å². The van der Waals surface area contributed by atoms with Crippen LogP contribution in [0.5, 0.6) is 0 Å². The van der Waals surface area contributed by atoms with E-state index in [9.17, 15) is 28.0 Å². The molecule has 0 aromatic heterocycles. The van der Waals surface area contributed by atoms with Crippen molar-refractivity contribution in [1.29, 1.82) is 5.26 Å². The first kappa shape index (κ1) is 26.5. The Labute approximate surface area is 225 Å². The Morgan fingerprint density at radius 1 is 0.846 bits per heavy atom. The van der Waals surface area contributed by atoms with Crippen molar-refractivity contribution >= 4 is 17.6 Å². The average molecular weight is 532 g/mol. The van der Waals surface area contributed by atoms with Crippen molar-refractivity contribution in [1.82, 2.24) is 4.90 Å². The molecule has 200 valence electrons. The minimum Gasteiger partial charge on any atom is -0.305 e. The molecule has 1 aliphatic heterocycles. The molecule has 0 N–H and O–H groups in total. The Morgan fingerprint density at radius 3 is 2.13 bits per heavy atom. The molecule has 2 aliphatic rings. The van der Waals surface area contributed by atoms with Crippen molar-refractivity contribution < 1.29 is 22.8 Å². The highest BCUT2D eigenvalue weighted by atomic mass is 19.4. The van der Waals surface area contributed by atoms with Gasteiger partial charge in [0.25, 0.3) is 5.91 Å². The Hall–Kier alpha value is -4.12. The Kier molecular flexibility index (Phi) is 7.17. The number of anilines is 1. The van der Waals surface area contributed by atoms with Gasteiger partial charge in [-0.25, -0.2) is 9.69 Å². The molecular formula is C31H28F3N3O2. The molecule has 3 aromatic carbocycles. The summed E-state index contributed by atoms with van der Waals surface area (Å²) in [6.45, 7) is 0.173. The molecule has 8 heteroatoms. The molecule has 3 amide bonds. The lowest BCUT2D eigenvalue weighted by Crippen LogP contribution is -2.49. The summed E-state index contributed by atoms with van der Waals surface area (Å²) in [5.74, 6) is -0.493. The highest BCUT2D eigenvalue weighted by Gasteiger charge is 2.57. The number of carbonyl (C=O) groups is 2. The molecule has 39 heavy (non-hydrogen) atoms. The van der Waals surface area contributed by atoms with Gasteiger partial charge in [0.2, 0.25) is 0 Å². The first-order valence-corrected chi connectivity index (χ1v) is 13.1. The molecule has 0 bridgehead atoms. The molecule has 2 fully saturated rings. The second-order valence-corrected chi connectivity index (χ2v) is 10.2. The number of imide groups is 1. The van der Waals surface area contributed by atoms with E-state index in [1.165, 1.54) is 6.07 Å². The molecule has 1 saturated carbocycles. The molecule has 0 radical (unpaired) electrons. The van der Waals surface area contributed by atoms with Gasteiger partial charge in [0.05, 0.1) is 22.9 Å². The number of nitriles is 1. The number of hydrogen-bond acceptors (Lipinski definition) is 3. The van der Waals surface area contributed by atoms with Crippen LogP contribution in [-0.4, -0.2) is 22.4 Å². The molecule has 3 aromatic rings. The van der Waals surface area contributed by atoms with E-state index >= 15 is 0 Å². The highest BCUT2D eigenvalue weighted by molar-refractivity contribution is 6.23. The van der Waals surface area contributed by atoms with Crippen molar-refractivity contribution in [3.8, 4) is 6.07 Å². The van der Waals surface area contributed by atoms with Gasteiger partial charge < -0.3 is 4.90 Å². The normalized spacial score (nSPS) is 17.4. The van der Waals surface area contributed by atoms with Gasteiger partial charge in [0, 0.05) is 6.54 Å². The van der Waals surface area contributed by atoms with Gasteiger partial charge in [-0.05, 0) is 54.2 Å². The van der Waals surface area contributed by atoms with Crippen molar-refractivity contribution in [2.24, 2.45) is 0 Å². The maximum Gasteiger partial charge on any atom is 0.417 e. The van der Waals surface area contributed by atoms with Crippen LogP contribution in [0.1, 0.15) is 66.3 Å². The van der Waals surface area contributed by atoms with Crippen molar-refractivity contribution in [2.75, 3.05) is 4.90 Å². The molecule has 1 spiro atoms. The van der Waals surface area contributed by atoms with Crippen molar-refractivity contribution in [2.45, 2.75) is 63.2 Å². The monoisotopic (exact) mass is 531 g/mol. The summed E-state index contributed by atoms with van der Waals surface area (Å²) in [6, 6.07) is 21.6. The highest BCUT2D eigenvalue weighted by Crippen LogP contribution is 2.44. The van der Waals surface area contributed by atoms with E-state index in [4.69, 9.17) is 0 Å². The Balaban J connectivity index is 1.56. The van der Waals surface area contributed by atoms with Gasteiger partial charge in [0.1, 0.15) is 5.54 Å². The lowest BCUT2D eigenvalue weighted by atomic mass is 9.87. The fraction of sp³-hybridized carbons (Fsp3) is 0.323. The maximum atomic E-state index is 14.1. The number of nitrogens with zero attached hydrogens (tertiary/aromatic N) is 3. The van der Waals surface area contributed by atoms with Gasteiger partial charge in [-0.2, -0.15) is 18.4 Å². The van der Waals surface area contributed by atoms with Crippen molar-refractivity contribution in [3.63, 3.8) is 0 Å². The molecule has 0 unspecified atom stereocenters. The molecule has 1 heterocycles. The molecule has 1 aliphatic carbocycles. The fourth-order valence-corrected chi connectivity index (χ4v) is 5.83. The molecular weight excluding hydrogens is 503 g/mol. The van der Waals surface area contributed by atoms with Crippen LogP contribution in [0, 0.1) is 11.3 Å². The number of urea groups is 1. The molecule has 0 atom stereocenters. The van der Waals surface area contributed by atoms with E-state index in [1.807, 2.05) is 54.6 Å². The lowest BCUT2D eigenvalue weighted by Gasteiger charge is -2.35. The minimum absolute atomic E-state index is 0.167. The summed E-state index contributed by atoms with van der Waals surface area (Å²) in [4.78, 5) is 30.5. The van der Waals surface area contributed by atoms with Crippen LogP contribution in [-0.2, 0) is 23.9 Å². The first-order valence-electron chi connectivity index (χ1n) is 13.1. The smallest absolute Gasteiger partial charge is 0.305 e. The second kappa shape index (κ2) is 10.6. The number of hydrogen-bond donors (Lipinski definition) is 0. The van der Waals surface area contributed by atoms with Crippen LogP contribution in [0.25, 0.3) is 0 Å². The average Bonchev–Trinajstić information content (AvgIpc) is 3.08. The van der Waals surface area contributed by atoms with Crippen LogP contribution in [0.15, 0.2) is 72.8 Å². The van der Waals surface area contributed by atoms with Gasteiger partial charge in [-0.1, -0.05) is 80.3 Å². The van der Waals surface area contributed by atoms with E-state index in [0.717, 1.165) is 59.4 Å². The third-order valence-corrected chi connectivity index (χ3v) is 7.84. The zero-order valence-corrected chi connectivity index (χ0v) is 21.4. The summed E-state index contributed by atoms with van der Waals surface area (Å²) >= 11 is 0. The van der Waals surface area contributed by atoms with Crippen LogP contribution >= 0.6 is 0 Å². The predicted molar refractivity (Wildman–Crippen MR) is 141 cm³/mol. The van der Waals surface area contributed by atoms with Gasteiger partial charge >= 0.3 is 12.2 Å². The number of benzene rings is 3. The van der Waals surface area contributed by atoms with Crippen LogP contribution in [0.4, 0.5) is 23.7 Å². The molecule has 5 rings (SSSR count). The zero-order chi connectivity index (χ0) is 27.6. The summed E-state index contributed by atoms with van der Waals surface area (Å²) < 4.78 is 41.2. The van der Waals surface area contributed by atoms with Gasteiger partial charge in [-0.15, -0.1) is 0 Å². The second-order valence-electron chi connectivity index (χ2n) is 10.2. The third kappa shape index (κ3) is 5.01. The van der Waals surface area contributed by atoms with Crippen LogP contribution < -0.4 is 4.90 Å². The van der Waals surface area contributed by atoms with E-state index in [2.05, 4.69) is 0 Å². The SMILES string of the molecule is N#Cc1ccc(N2C(=O)N(Cc3ccccc3Cc3ccccc3)C3(CCCCCC3)C2=O)cc1C(F)(F)F. The fourth-order valence-electron chi connectivity index (χ4n) is 5.83.